The first-order chi connectivity index (χ1) is 13.0. The second kappa shape index (κ2) is 14.5. The number of nitrogens with zero attached hydrogens (tertiary/aromatic N) is 1. The highest BCUT2D eigenvalue weighted by Crippen LogP contribution is 2.26. The maximum absolute atomic E-state index is 4.87. The Morgan fingerprint density at radius 3 is 1.52 bits per heavy atom. The smallest absolute Gasteiger partial charge is 0.0970 e. The third-order valence-electron chi connectivity index (χ3n) is 6.71. The minimum atomic E-state index is 0.187. The number of amidine groups is 1. The molecule has 0 aromatic rings. The van der Waals surface area contributed by atoms with E-state index in [0.29, 0.717) is 12.0 Å². The summed E-state index contributed by atoms with van der Waals surface area (Å²) in [6, 6.07) is 0.451. The lowest BCUT2D eigenvalue weighted by atomic mass is 9.82. The van der Waals surface area contributed by atoms with Crippen LogP contribution in [0.3, 0.4) is 0 Å². The van der Waals surface area contributed by atoms with Crippen molar-refractivity contribution >= 4 is 5.84 Å². The largest absolute Gasteiger partial charge is 0.369 e. The summed E-state index contributed by atoms with van der Waals surface area (Å²) in [6.45, 7) is 11.5. The van der Waals surface area contributed by atoms with Crippen LogP contribution in [0.4, 0.5) is 0 Å². The molecule has 0 aliphatic carbocycles. The Bertz CT molecular complexity index is 386. The molecule has 2 heteroatoms. The second-order valence-electron chi connectivity index (χ2n) is 9.65. The molecule has 0 aromatic carbocycles. The molecule has 1 heterocycles. The van der Waals surface area contributed by atoms with Crippen molar-refractivity contribution in [3.05, 3.63) is 0 Å². The van der Waals surface area contributed by atoms with Crippen molar-refractivity contribution in [2.45, 2.75) is 149 Å². The van der Waals surface area contributed by atoms with Gasteiger partial charge in [0.15, 0.2) is 0 Å². The first kappa shape index (κ1) is 24.5. The van der Waals surface area contributed by atoms with Crippen LogP contribution in [0.5, 0.6) is 0 Å². The Kier molecular flexibility index (Phi) is 13.1. The quantitative estimate of drug-likeness (QED) is 0.270. The van der Waals surface area contributed by atoms with Crippen molar-refractivity contribution in [1.82, 2.24) is 5.32 Å². The average Bonchev–Trinajstić information content (AvgIpc) is 2.62. The molecular formula is C25H50N2. The van der Waals surface area contributed by atoms with E-state index in [9.17, 15) is 0 Å². The standard InChI is InChI=1S/C25H50N2/c1-6-7-8-9-10-11-12-13-14-15-16-17-18-19-20-21-24-26-23(3)22(2)25(4,5)27-24/h22-23H,6-21H2,1-5H3,(H,26,27). The van der Waals surface area contributed by atoms with E-state index >= 15 is 0 Å². The summed E-state index contributed by atoms with van der Waals surface area (Å²) in [4.78, 5) is 4.87. The lowest BCUT2D eigenvalue weighted by Gasteiger charge is -2.41. The third-order valence-corrected chi connectivity index (χ3v) is 6.71. The first-order valence-corrected chi connectivity index (χ1v) is 12.3. The van der Waals surface area contributed by atoms with E-state index in [4.69, 9.17) is 4.99 Å². The number of hydrogen-bond acceptors (Lipinski definition) is 2. The van der Waals surface area contributed by atoms with E-state index in [1.807, 2.05) is 0 Å². The number of rotatable bonds is 16. The Hall–Kier alpha value is -0.530. The monoisotopic (exact) mass is 378 g/mol. The van der Waals surface area contributed by atoms with Gasteiger partial charge in [-0.3, -0.25) is 4.99 Å². The van der Waals surface area contributed by atoms with Crippen LogP contribution in [0.25, 0.3) is 0 Å². The molecule has 2 unspecified atom stereocenters. The molecule has 0 radical (unpaired) electrons. The minimum Gasteiger partial charge on any atom is -0.369 e. The zero-order chi connectivity index (χ0) is 20.0. The lowest BCUT2D eigenvalue weighted by molar-refractivity contribution is 0.256. The predicted octanol–water partition coefficient (Wildman–Crippen LogP) is 8.05. The van der Waals surface area contributed by atoms with Crippen LogP contribution in [0.15, 0.2) is 4.99 Å². The average molecular weight is 379 g/mol. The molecule has 0 amide bonds. The fraction of sp³-hybridized carbons (Fsp3) is 0.960. The Labute approximate surface area is 171 Å². The Morgan fingerprint density at radius 1 is 0.704 bits per heavy atom. The molecule has 2 nitrogen and oxygen atoms in total. The third kappa shape index (κ3) is 11.2. The summed E-state index contributed by atoms with van der Waals surface area (Å²) >= 11 is 0. The molecule has 1 N–H and O–H groups in total. The summed E-state index contributed by atoms with van der Waals surface area (Å²) in [6.07, 6.45) is 22.6. The molecule has 0 fully saturated rings. The molecule has 0 saturated heterocycles. The summed E-state index contributed by atoms with van der Waals surface area (Å²) in [7, 11) is 0. The van der Waals surface area contributed by atoms with Crippen LogP contribution < -0.4 is 5.32 Å². The highest BCUT2D eigenvalue weighted by atomic mass is 15.1. The van der Waals surface area contributed by atoms with Gasteiger partial charge in [-0.05, 0) is 27.2 Å². The first-order valence-electron chi connectivity index (χ1n) is 12.3. The molecule has 1 aliphatic rings. The van der Waals surface area contributed by atoms with Crippen molar-refractivity contribution in [3.8, 4) is 0 Å². The molecular weight excluding hydrogens is 328 g/mol. The summed E-state index contributed by atoms with van der Waals surface area (Å²) < 4.78 is 0. The number of aliphatic imine (C=N–C) groups is 1. The van der Waals surface area contributed by atoms with Gasteiger partial charge < -0.3 is 5.32 Å². The molecule has 1 aliphatic heterocycles. The van der Waals surface area contributed by atoms with Gasteiger partial charge in [0, 0.05) is 17.9 Å². The molecule has 1 rings (SSSR count). The van der Waals surface area contributed by atoms with E-state index in [2.05, 4.69) is 39.9 Å². The number of nitrogens with one attached hydrogen (secondary N) is 1. The van der Waals surface area contributed by atoms with E-state index in [1.165, 1.54) is 102 Å². The molecule has 0 aromatic heterocycles. The van der Waals surface area contributed by atoms with Crippen molar-refractivity contribution < 1.29 is 0 Å². The summed E-state index contributed by atoms with van der Waals surface area (Å²) in [5.74, 6) is 1.85. The number of unbranched alkanes of at least 4 members (excludes halogenated alkanes) is 14. The SMILES string of the molecule is CCCCCCCCCCCCCCCCCC1=NC(C)C(C)C(C)(C)N1. The van der Waals surface area contributed by atoms with Crippen LogP contribution in [-0.2, 0) is 0 Å². The van der Waals surface area contributed by atoms with E-state index in [-0.39, 0.29) is 5.54 Å². The number of hydrogen-bond donors (Lipinski definition) is 1. The van der Waals surface area contributed by atoms with E-state index < -0.39 is 0 Å². The highest BCUT2D eigenvalue weighted by molar-refractivity contribution is 5.83. The zero-order valence-electron chi connectivity index (χ0n) is 19.4. The van der Waals surface area contributed by atoms with Crippen LogP contribution in [0.1, 0.15) is 137 Å². The molecule has 2 atom stereocenters. The molecule has 0 spiro atoms. The minimum absolute atomic E-state index is 0.187. The van der Waals surface area contributed by atoms with E-state index in [1.54, 1.807) is 0 Å². The van der Waals surface area contributed by atoms with Crippen LogP contribution >= 0.6 is 0 Å². The van der Waals surface area contributed by atoms with Gasteiger partial charge in [0.25, 0.3) is 0 Å². The van der Waals surface area contributed by atoms with Gasteiger partial charge in [0.1, 0.15) is 0 Å². The maximum Gasteiger partial charge on any atom is 0.0970 e. The highest BCUT2D eigenvalue weighted by Gasteiger charge is 2.34. The van der Waals surface area contributed by atoms with Crippen molar-refractivity contribution in [3.63, 3.8) is 0 Å². The van der Waals surface area contributed by atoms with E-state index in [0.717, 1.165) is 6.42 Å². The predicted molar refractivity (Wildman–Crippen MR) is 123 cm³/mol. The molecule has 0 saturated carbocycles. The fourth-order valence-electron chi connectivity index (χ4n) is 4.27. The zero-order valence-corrected chi connectivity index (χ0v) is 19.4. The fourth-order valence-corrected chi connectivity index (χ4v) is 4.27. The van der Waals surface area contributed by atoms with Gasteiger partial charge in [-0.2, -0.15) is 0 Å². The second-order valence-corrected chi connectivity index (χ2v) is 9.65. The van der Waals surface area contributed by atoms with Crippen molar-refractivity contribution in [2.75, 3.05) is 0 Å². The topological polar surface area (TPSA) is 24.4 Å². The van der Waals surface area contributed by atoms with Crippen LogP contribution in [-0.4, -0.2) is 17.4 Å². The van der Waals surface area contributed by atoms with Gasteiger partial charge in [0.05, 0.1) is 11.9 Å². The van der Waals surface area contributed by atoms with Gasteiger partial charge in [-0.15, -0.1) is 0 Å². The van der Waals surface area contributed by atoms with Gasteiger partial charge in [-0.1, -0.05) is 104 Å². The van der Waals surface area contributed by atoms with Crippen LogP contribution in [0.2, 0.25) is 0 Å². The lowest BCUT2D eigenvalue weighted by Crippen LogP contribution is -2.54. The molecule has 160 valence electrons. The van der Waals surface area contributed by atoms with Crippen LogP contribution in [0, 0.1) is 5.92 Å². The van der Waals surface area contributed by atoms with Gasteiger partial charge in [-0.25, -0.2) is 0 Å². The maximum atomic E-state index is 4.87. The Morgan fingerprint density at radius 2 is 1.11 bits per heavy atom. The molecule has 0 bridgehead atoms. The van der Waals surface area contributed by atoms with Gasteiger partial charge in [0.2, 0.25) is 0 Å². The van der Waals surface area contributed by atoms with Gasteiger partial charge >= 0.3 is 0 Å². The van der Waals surface area contributed by atoms with Crippen molar-refractivity contribution in [1.29, 1.82) is 0 Å². The summed E-state index contributed by atoms with van der Waals surface area (Å²) in [5.41, 5.74) is 0.187. The molecule has 27 heavy (non-hydrogen) atoms. The normalized spacial score (nSPS) is 21.7. The summed E-state index contributed by atoms with van der Waals surface area (Å²) in [5, 5.41) is 3.67. The van der Waals surface area contributed by atoms with Crippen molar-refractivity contribution in [2.24, 2.45) is 10.9 Å². The Balaban J connectivity index is 1.88.